The monoisotopic (exact) mass is 430 g/mol. The topological polar surface area (TPSA) is 59.1 Å². The smallest absolute Gasteiger partial charge is 0.240 e. The number of halogens is 1. The fourth-order valence-corrected chi connectivity index (χ4v) is 5.78. The molecule has 1 aromatic heterocycles. The van der Waals surface area contributed by atoms with E-state index in [1.165, 1.54) is 35.5 Å². The Bertz CT molecular complexity index is 1120. The average Bonchev–Trinajstić information content (AvgIpc) is 3.08. The van der Waals surface area contributed by atoms with E-state index >= 15 is 0 Å². The number of aromatic nitrogens is 1. The van der Waals surface area contributed by atoms with Gasteiger partial charge < -0.3 is 0 Å². The van der Waals surface area contributed by atoms with Gasteiger partial charge in [-0.1, -0.05) is 6.07 Å². The van der Waals surface area contributed by atoms with E-state index in [4.69, 9.17) is 0 Å². The van der Waals surface area contributed by atoms with Crippen LogP contribution in [-0.4, -0.2) is 19.9 Å². The fraction of sp³-hybridized carbons (Fsp3) is 0.318. The van der Waals surface area contributed by atoms with Crippen molar-refractivity contribution in [2.75, 3.05) is 6.54 Å². The zero-order valence-corrected chi connectivity index (χ0v) is 17.9. The van der Waals surface area contributed by atoms with E-state index in [1.807, 2.05) is 19.1 Å². The number of nitrogens with zero attached hydrogens (tertiary/aromatic N) is 1. The molecule has 0 saturated carbocycles. The van der Waals surface area contributed by atoms with Crippen LogP contribution in [-0.2, 0) is 29.3 Å². The van der Waals surface area contributed by atoms with Crippen molar-refractivity contribution in [3.63, 3.8) is 0 Å². The quantitative estimate of drug-likeness (QED) is 0.619. The van der Waals surface area contributed by atoms with Crippen molar-refractivity contribution in [2.45, 2.75) is 43.9 Å². The SMILES string of the molecule is Cc1nc(-c2ccc(F)cc2)sc1CCNS(=O)(=O)c1ccc2c(c1)CCCC2. The summed E-state index contributed by atoms with van der Waals surface area (Å²) in [6, 6.07) is 11.7. The van der Waals surface area contributed by atoms with Gasteiger partial charge in [0.25, 0.3) is 0 Å². The lowest BCUT2D eigenvalue weighted by Crippen LogP contribution is -2.26. The summed E-state index contributed by atoms with van der Waals surface area (Å²) in [6.07, 6.45) is 4.83. The molecule has 0 spiro atoms. The Kier molecular flexibility index (Phi) is 5.81. The molecule has 1 heterocycles. The van der Waals surface area contributed by atoms with E-state index in [2.05, 4.69) is 9.71 Å². The highest BCUT2D eigenvalue weighted by Crippen LogP contribution is 2.28. The minimum atomic E-state index is -3.53. The first-order valence-electron chi connectivity index (χ1n) is 9.76. The minimum absolute atomic E-state index is 0.279. The minimum Gasteiger partial charge on any atom is -0.241 e. The van der Waals surface area contributed by atoms with Crippen LogP contribution in [0.15, 0.2) is 47.4 Å². The van der Waals surface area contributed by atoms with Gasteiger partial charge in [0, 0.05) is 17.0 Å². The molecular formula is C22H23FN2O2S2. The number of fused-ring (bicyclic) bond motifs is 1. The molecule has 2 aromatic carbocycles. The third kappa shape index (κ3) is 4.57. The maximum absolute atomic E-state index is 13.1. The third-order valence-corrected chi connectivity index (χ3v) is 7.98. The molecule has 0 saturated heterocycles. The highest BCUT2D eigenvalue weighted by Gasteiger charge is 2.18. The number of aryl methyl sites for hydroxylation is 3. The fourth-order valence-electron chi connectivity index (χ4n) is 3.64. The maximum Gasteiger partial charge on any atom is 0.240 e. The zero-order valence-electron chi connectivity index (χ0n) is 16.2. The second-order valence-electron chi connectivity index (χ2n) is 7.32. The zero-order chi connectivity index (χ0) is 20.4. The van der Waals surface area contributed by atoms with Gasteiger partial charge in [0.05, 0.1) is 10.6 Å². The van der Waals surface area contributed by atoms with E-state index in [9.17, 15) is 12.8 Å². The molecule has 4 rings (SSSR count). The molecule has 0 atom stereocenters. The van der Waals surface area contributed by atoms with Gasteiger partial charge in [-0.05, 0) is 86.6 Å². The Morgan fingerprint density at radius 1 is 1.07 bits per heavy atom. The van der Waals surface area contributed by atoms with Crippen molar-refractivity contribution in [2.24, 2.45) is 0 Å². The molecule has 29 heavy (non-hydrogen) atoms. The van der Waals surface area contributed by atoms with Crippen LogP contribution >= 0.6 is 11.3 Å². The van der Waals surface area contributed by atoms with Crippen LogP contribution in [0, 0.1) is 12.7 Å². The van der Waals surface area contributed by atoms with Crippen molar-refractivity contribution in [1.82, 2.24) is 9.71 Å². The second kappa shape index (κ2) is 8.34. The van der Waals surface area contributed by atoms with E-state index in [0.29, 0.717) is 17.9 Å². The predicted molar refractivity (Wildman–Crippen MR) is 114 cm³/mol. The molecular weight excluding hydrogens is 407 g/mol. The van der Waals surface area contributed by atoms with E-state index < -0.39 is 10.0 Å². The molecule has 0 unspecified atom stereocenters. The van der Waals surface area contributed by atoms with E-state index in [0.717, 1.165) is 46.0 Å². The van der Waals surface area contributed by atoms with Crippen molar-refractivity contribution >= 4 is 21.4 Å². The van der Waals surface area contributed by atoms with Gasteiger partial charge in [-0.2, -0.15) is 0 Å². The Morgan fingerprint density at radius 3 is 2.55 bits per heavy atom. The van der Waals surface area contributed by atoms with Crippen LogP contribution in [0.4, 0.5) is 4.39 Å². The summed E-state index contributed by atoms with van der Waals surface area (Å²) in [5.74, 6) is -0.279. The summed E-state index contributed by atoms with van der Waals surface area (Å²) in [5.41, 5.74) is 4.16. The number of rotatable bonds is 6. The molecule has 4 nitrogen and oxygen atoms in total. The number of hydrogen-bond donors (Lipinski definition) is 1. The maximum atomic E-state index is 13.1. The van der Waals surface area contributed by atoms with Crippen LogP contribution in [0.1, 0.15) is 34.5 Å². The van der Waals surface area contributed by atoms with Gasteiger partial charge >= 0.3 is 0 Å². The summed E-state index contributed by atoms with van der Waals surface area (Å²) in [4.78, 5) is 5.92. The van der Waals surface area contributed by atoms with Crippen molar-refractivity contribution < 1.29 is 12.8 Å². The highest BCUT2D eigenvalue weighted by molar-refractivity contribution is 7.89. The molecule has 1 aliphatic carbocycles. The first-order chi connectivity index (χ1) is 13.9. The van der Waals surface area contributed by atoms with Crippen LogP contribution in [0.5, 0.6) is 0 Å². The van der Waals surface area contributed by atoms with Crippen molar-refractivity contribution in [3.05, 3.63) is 70.0 Å². The van der Waals surface area contributed by atoms with Crippen LogP contribution in [0.2, 0.25) is 0 Å². The van der Waals surface area contributed by atoms with Crippen molar-refractivity contribution in [3.8, 4) is 10.6 Å². The van der Waals surface area contributed by atoms with Gasteiger partial charge in [-0.3, -0.25) is 0 Å². The first kappa shape index (κ1) is 20.2. The van der Waals surface area contributed by atoms with Gasteiger partial charge in [0.2, 0.25) is 10.0 Å². The van der Waals surface area contributed by atoms with Crippen LogP contribution < -0.4 is 4.72 Å². The van der Waals surface area contributed by atoms with Crippen LogP contribution in [0.3, 0.4) is 0 Å². The lowest BCUT2D eigenvalue weighted by Gasteiger charge is -2.16. The largest absolute Gasteiger partial charge is 0.241 e. The lowest BCUT2D eigenvalue weighted by atomic mass is 9.92. The first-order valence-corrected chi connectivity index (χ1v) is 12.1. The molecule has 7 heteroatoms. The number of nitrogens with one attached hydrogen (secondary N) is 1. The van der Waals surface area contributed by atoms with Gasteiger partial charge in [0.15, 0.2) is 0 Å². The van der Waals surface area contributed by atoms with Crippen LogP contribution in [0.25, 0.3) is 10.6 Å². The third-order valence-electron chi connectivity index (χ3n) is 5.26. The molecule has 0 bridgehead atoms. The normalized spacial score (nSPS) is 14.0. The summed E-state index contributed by atoms with van der Waals surface area (Å²) < 4.78 is 41.2. The second-order valence-corrected chi connectivity index (χ2v) is 10.2. The lowest BCUT2D eigenvalue weighted by molar-refractivity contribution is 0.581. The summed E-state index contributed by atoms with van der Waals surface area (Å²) >= 11 is 1.52. The Balaban J connectivity index is 1.42. The molecule has 0 fully saturated rings. The van der Waals surface area contributed by atoms with Gasteiger partial charge in [0.1, 0.15) is 10.8 Å². The van der Waals surface area contributed by atoms with Crippen molar-refractivity contribution in [1.29, 1.82) is 0 Å². The number of thiazole rings is 1. The molecule has 1 N–H and O–H groups in total. The summed E-state index contributed by atoms with van der Waals surface area (Å²) in [6.45, 7) is 2.22. The summed E-state index contributed by atoms with van der Waals surface area (Å²) in [7, 11) is -3.53. The van der Waals surface area contributed by atoms with Gasteiger partial charge in [-0.25, -0.2) is 22.5 Å². The number of sulfonamides is 1. The summed E-state index contributed by atoms with van der Waals surface area (Å²) in [5, 5.41) is 0.815. The molecule has 152 valence electrons. The molecule has 0 aliphatic heterocycles. The number of hydrogen-bond acceptors (Lipinski definition) is 4. The predicted octanol–water partition coefficient (Wildman–Crippen LogP) is 4.66. The van der Waals surface area contributed by atoms with E-state index in [1.54, 1.807) is 18.2 Å². The Hall–Kier alpha value is -2.09. The number of benzene rings is 2. The Morgan fingerprint density at radius 2 is 1.79 bits per heavy atom. The molecule has 0 radical (unpaired) electrons. The van der Waals surface area contributed by atoms with E-state index in [-0.39, 0.29) is 5.82 Å². The Labute approximate surface area is 174 Å². The highest BCUT2D eigenvalue weighted by atomic mass is 32.2. The average molecular weight is 431 g/mol. The molecule has 1 aliphatic rings. The van der Waals surface area contributed by atoms with Gasteiger partial charge in [-0.15, -0.1) is 11.3 Å². The molecule has 3 aromatic rings. The standard InChI is InChI=1S/C22H23FN2O2S2/c1-15-21(28-22(25-15)17-6-9-19(23)10-7-17)12-13-24-29(26,27)20-11-8-16-4-2-3-5-18(16)14-20/h6-11,14,24H,2-5,12-13H2,1H3. The molecule has 0 amide bonds.